The number of rotatable bonds is 8. The van der Waals surface area contributed by atoms with Crippen LogP contribution in [0.4, 0.5) is 0 Å². The van der Waals surface area contributed by atoms with Crippen LogP contribution >= 0.6 is 24.0 Å². The molecule has 7 heteroatoms. The molecule has 1 aromatic rings. The van der Waals surface area contributed by atoms with Crippen molar-refractivity contribution in [1.82, 2.24) is 10.2 Å². The van der Waals surface area contributed by atoms with Crippen LogP contribution < -0.4 is 19.5 Å². The minimum atomic E-state index is 0. The maximum Gasteiger partial charge on any atom is 0.193 e. The van der Waals surface area contributed by atoms with Gasteiger partial charge in [0.25, 0.3) is 0 Å². The molecule has 0 saturated carbocycles. The third-order valence-corrected chi connectivity index (χ3v) is 3.66. The van der Waals surface area contributed by atoms with Gasteiger partial charge in [-0.2, -0.15) is 0 Å². The number of guanidine groups is 1. The lowest BCUT2D eigenvalue weighted by molar-refractivity contribution is 0.367. The molecule has 0 aliphatic carbocycles. The van der Waals surface area contributed by atoms with Gasteiger partial charge in [0.2, 0.25) is 0 Å². The van der Waals surface area contributed by atoms with Crippen molar-refractivity contribution < 1.29 is 14.2 Å². The maximum atomic E-state index is 5.47. The fourth-order valence-corrected chi connectivity index (χ4v) is 2.31. The molecule has 0 spiro atoms. The van der Waals surface area contributed by atoms with Crippen molar-refractivity contribution in [1.29, 1.82) is 0 Å². The highest BCUT2D eigenvalue weighted by atomic mass is 127. The summed E-state index contributed by atoms with van der Waals surface area (Å²) >= 11 is 0. The molecule has 0 fully saturated rings. The zero-order valence-electron chi connectivity index (χ0n) is 15.5. The summed E-state index contributed by atoms with van der Waals surface area (Å²) in [6, 6.07) is 3.70. The van der Waals surface area contributed by atoms with E-state index in [1.807, 2.05) is 19.2 Å². The lowest BCUT2D eigenvalue weighted by atomic mass is 10.1. The van der Waals surface area contributed by atoms with E-state index in [2.05, 4.69) is 22.1 Å². The third kappa shape index (κ3) is 6.26. The van der Waals surface area contributed by atoms with Gasteiger partial charge < -0.3 is 24.4 Å². The van der Waals surface area contributed by atoms with E-state index in [0.29, 0.717) is 12.3 Å². The van der Waals surface area contributed by atoms with Crippen LogP contribution in [-0.4, -0.2) is 52.8 Å². The van der Waals surface area contributed by atoms with Gasteiger partial charge in [-0.05, 0) is 6.42 Å². The zero-order chi connectivity index (χ0) is 17.2. The summed E-state index contributed by atoms with van der Waals surface area (Å²) in [6.07, 6.45) is 2.29. The molecule has 0 unspecified atom stereocenters. The Morgan fingerprint density at radius 3 is 2.12 bits per heavy atom. The van der Waals surface area contributed by atoms with Crippen molar-refractivity contribution in [2.24, 2.45) is 4.99 Å². The average Bonchev–Trinajstić information content (AvgIpc) is 2.59. The number of nitrogens with one attached hydrogen (secondary N) is 1. The standard InChI is InChI=1S/C17H29N3O3.HI/c1-7-8-9-20(3)17(18-2)19-12-14-15(22-5)10-13(21-4)11-16(14)23-6;/h10-11H,7-9,12H2,1-6H3,(H,18,19);1H. The molecule has 6 nitrogen and oxygen atoms in total. The Labute approximate surface area is 162 Å². The number of hydrogen-bond acceptors (Lipinski definition) is 4. The van der Waals surface area contributed by atoms with Crippen molar-refractivity contribution in [2.45, 2.75) is 26.3 Å². The Balaban J connectivity index is 0.00000529. The van der Waals surface area contributed by atoms with E-state index in [-0.39, 0.29) is 24.0 Å². The van der Waals surface area contributed by atoms with Crippen LogP contribution in [0.5, 0.6) is 17.2 Å². The number of methoxy groups -OCH3 is 3. The van der Waals surface area contributed by atoms with Gasteiger partial charge in [0.1, 0.15) is 17.2 Å². The van der Waals surface area contributed by atoms with Crippen LogP contribution in [-0.2, 0) is 6.54 Å². The first-order valence-electron chi connectivity index (χ1n) is 7.81. The summed E-state index contributed by atoms with van der Waals surface area (Å²) < 4.78 is 16.2. The van der Waals surface area contributed by atoms with Crippen molar-refractivity contribution in [2.75, 3.05) is 42.0 Å². The first kappa shape index (κ1) is 22.6. The lowest BCUT2D eigenvalue weighted by Crippen LogP contribution is -2.39. The van der Waals surface area contributed by atoms with Crippen LogP contribution in [0.1, 0.15) is 25.3 Å². The largest absolute Gasteiger partial charge is 0.496 e. The molecule has 24 heavy (non-hydrogen) atoms. The number of halogens is 1. The fraction of sp³-hybridized carbons (Fsp3) is 0.588. The third-order valence-electron chi connectivity index (χ3n) is 3.66. The second kappa shape index (κ2) is 12.0. The topological polar surface area (TPSA) is 55.3 Å². The molecule has 138 valence electrons. The number of ether oxygens (including phenoxy) is 3. The molecule has 0 aliphatic rings. The highest BCUT2D eigenvalue weighted by Gasteiger charge is 2.14. The second-order valence-electron chi connectivity index (χ2n) is 5.19. The summed E-state index contributed by atoms with van der Waals surface area (Å²) in [7, 11) is 8.72. The molecule has 0 atom stereocenters. The first-order valence-corrected chi connectivity index (χ1v) is 7.81. The normalized spacial score (nSPS) is 10.7. The molecule has 1 N–H and O–H groups in total. The van der Waals surface area contributed by atoms with Gasteiger partial charge in [0.15, 0.2) is 5.96 Å². The summed E-state index contributed by atoms with van der Waals surface area (Å²) in [6.45, 7) is 3.70. The summed E-state index contributed by atoms with van der Waals surface area (Å²) in [5, 5.41) is 3.36. The predicted octanol–water partition coefficient (Wildman–Crippen LogP) is 3.14. The van der Waals surface area contributed by atoms with Gasteiger partial charge in [-0.3, -0.25) is 4.99 Å². The molecule has 1 aromatic carbocycles. The van der Waals surface area contributed by atoms with Crippen LogP contribution in [0.3, 0.4) is 0 Å². The van der Waals surface area contributed by atoms with E-state index < -0.39 is 0 Å². The van der Waals surface area contributed by atoms with Crippen LogP contribution in [0.2, 0.25) is 0 Å². The Bertz CT molecular complexity index is 499. The number of unbranched alkanes of at least 4 members (excludes halogenated alkanes) is 1. The maximum absolute atomic E-state index is 5.47. The fourth-order valence-electron chi connectivity index (χ4n) is 2.31. The SMILES string of the molecule is CCCCN(C)C(=NC)NCc1c(OC)cc(OC)cc1OC.I. The average molecular weight is 451 g/mol. The lowest BCUT2D eigenvalue weighted by Gasteiger charge is -2.23. The highest BCUT2D eigenvalue weighted by molar-refractivity contribution is 14.0. The van der Waals surface area contributed by atoms with Gasteiger partial charge in [-0.15, -0.1) is 24.0 Å². The Hall–Kier alpha value is -1.38. The van der Waals surface area contributed by atoms with E-state index >= 15 is 0 Å². The molecule has 1 rings (SSSR count). The number of nitrogens with zero attached hydrogens (tertiary/aromatic N) is 2. The molecule has 0 aliphatic heterocycles. The molecule has 0 aromatic heterocycles. The predicted molar refractivity (Wildman–Crippen MR) is 109 cm³/mol. The number of hydrogen-bond donors (Lipinski definition) is 1. The second-order valence-corrected chi connectivity index (χ2v) is 5.19. The van der Waals surface area contributed by atoms with E-state index in [0.717, 1.165) is 42.4 Å². The van der Waals surface area contributed by atoms with E-state index in [1.54, 1.807) is 28.4 Å². The Kier molecular flexibility index (Phi) is 11.4. The summed E-state index contributed by atoms with van der Waals surface area (Å²) in [5.41, 5.74) is 0.931. The van der Waals surface area contributed by atoms with Crippen molar-refractivity contribution in [3.63, 3.8) is 0 Å². The molecular weight excluding hydrogens is 421 g/mol. The number of benzene rings is 1. The van der Waals surface area contributed by atoms with Gasteiger partial charge >= 0.3 is 0 Å². The summed E-state index contributed by atoms with van der Waals surface area (Å²) in [5.74, 6) is 2.99. The molecule has 0 amide bonds. The molecule has 0 bridgehead atoms. The van der Waals surface area contributed by atoms with Gasteiger partial charge in [-0.1, -0.05) is 13.3 Å². The van der Waals surface area contributed by atoms with Gasteiger partial charge in [-0.25, -0.2) is 0 Å². The minimum Gasteiger partial charge on any atom is -0.496 e. The quantitative estimate of drug-likeness (QED) is 0.374. The van der Waals surface area contributed by atoms with E-state index in [4.69, 9.17) is 14.2 Å². The smallest absolute Gasteiger partial charge is 0.193 e. The minimum absolute atomic E-state index is 0. The monoisotopic (exact) mass is 451 g/mol. The van der Waals surface area contributed by atoms with Crippen LogP contribution in [0, 0.1) is 0 Å². The molecular formula is C17H30IN3O3. The molecule has 0 heterocycles. The van der Waals surface area contributed by atoms with Gasteiger partial charge in [0, 0.05) is 32.8 Å². The summed E-state index contributed by atoms with van der Waals surface area (Å²) in [4.78, 5) is 6.44. The zero-order valence-corrected chi connectivity index (χ0v) is 17.8. The van der Waals surface area contributed by atoms with E-state index in [9.17, 15) is 0 Å². The van der Waals surface area contributed by atoms with Crippen LogP contribution in [0.15, 0.2) is 17.1 Å². The highest BCUT2D eigenvalue weighted by Crippen LogP contribution is 2.33. The first-order chi connectivity index (χ1) is 11.1. The Morgan fingerprint density at radius 2 is 1.71 bits per heavy atom. The molecule has 0 saturated heterocycles. The van der Waals surface area contributed by atoms with Gasteiger partial charge in [0.05, 0.1) is 33.4 Å². The van der Waals surface area contributed by atoms with Crippen molar-refractivity contribution in [3.8, 4) is 17.2 Å². The van der Waals surface area contributed by atoms with Crippen molar-refractivity contribution >= 4 is 29.9 Å². The number of aliphatic imine (C=N–C) groups is 1. The van der Waals surface area contributed by atoms with Crippen molar-refractivity contribution in [3.05, 3.63) is 17.7 Å². The molecule has 0 radical (unpaired) electrons. The van der Waals surface area contributed by atoms with E-state index in [1.165, 1.54) is 0 Å². The Morgan fingerprint density at radius 1 is 1.12 bits per heavy atom. The van der Waals surface area contributed by atoms with Crippen LogP contribution in [0.25, 0.3) is 0 Å².